The fraction of sp³-hybridized carbons (Fsp3) is 0.444. The third-order valence-electron chi connectivity index (χ3n) is 2.53. The van der Waals surface area contributed by atoms with Gasteiger partial charge in [0.15, 0.2) is 0 Å². The second-order valence-corrected chi connectivity index (χ2v) is 4.74. The molecule has 0 spiro atoms. The molecular weight excluding hydrogens is 440 g/mol. The fourth-order valence-electron chi connectivity index (χ4n) is 1.49. The summed E-state index contributed by atoms with van der Waals surface area (Å²) in [5.74, 6) is -2.06. The first-order valence-corrected chi connectivity index (χ1v) is 6.18. The Bertz CT molecular complexity index is 377. The molecule has 1 fully saturated rings. The first-order valence-electron chi connectivity index (χ1n) is 4.44. The van der Waals surface area contributed by atoms with Gasteiger partial charge in [0.05, 0.1) is 0 Å². The molecule has 1 rings (SSSR count). The van der Waals surface area contributed by atoms with Crippen LogP contribution in [0.1, 0.15) is 6.42 Å². The van der Waals surface area contributed by atoms with Crippen molar-refractivity contribution in [1.82, 2.24) is 9.80 Å². The van der Waals surface area contributed by atoms with Gasteiger partial charge >= 0.3 is 11.8 Å². The van der Waals surface area contributed by atoms with Gasteiger partial charge in [-0.2, -0.15) is 0 Å². The van der Waals surface area contributed by atoms with Crippen molar-refractivity contribution in [2.24, 2.45) is 0 Å². The Morgan fingerprint density at radius 1 is 1.35 bits per heavy atom. The maximum Gasteiger partial charge on any atom is 0.318 e. The number of likely N-dealkylation sites (N-methyl/N-ethyl adjacent to an activating group) is 2. The summed E-state index contributed by atoms with van der Waals surface area (Å²) in [6.45, 7) is 3.53. The Kier molecular flexibility index (Phi) is 5.93. The zero-order chi connectivity index (χ0) is 12.5. The van der Waals surface area contributed by atoms with Crippen molar-refractivity contribution in [2.75, 3.05) is 14.1 Å². The molecule has 97 valence electrons. The SMILES string of the molecule is C=CCC1(S[S-])C(=O)N(C)C(=O)C(=O)N1C.[Ir]. The molecule has 1 aliphatic rings. The van der Waals surface area contributed by atoms with Crippen molar-refractivity contribution in [3.63, 3.8) is 0 Å². The van der Waals surface area contributed by atoms with Crippen LogP contribution in [0.25, 0.3) is 0 Å². The van der Waals surface area contributed by atoms with Crippen molar-refractivity contribution in [2.45, 2.75) is 11.3 Å². The number of carbonyl (C=O) groups is 3. The molecule has 1 saturated heterocycles. The predicted octanol–water partition coefficient (Wildman–Crippen LogP) is -0.0916. The van der Waals surface area contributed by atoms with Gasteiger partial charge in [0.2, 0.25) is 0 Å². The number of hydrogen-bond acceptors (Lipinski definition) is 5. The van der Waals surface area contributed by atoms with E-state index in [1.54, 1.807) is 0 Å². The first-order chi connectivity index (χ1) is 7.42. The molecular formula is C9H11IrN2O3S2-. The van der Waals surface area contributed by atoms with Crippen LogP contribution in [-0.4, -0.2) is 46.5 Å². The molecule has 0 N–H and O–H groups in total. The summed E-state index contributed by atoms with van der Waals surface area (Å²) in [7, 11) is 3.49. The largest absolute Gasteiger partial charge is 0.716 e. The van der Waals surface area contributed by atoms with Crippen LogP contribution in [0.2, 0.25) is 0 Å². The second-order valence-electron chi connectivity index (χ2n) is 3.39. The Morgan fingerprint density at radius 3 is 2.29 bits per heavy atom. The minimum absolute atomic E-state index is 0. The van der Waals surface area contributed by atoms with E-state index < -0.39 is 22.6 Å². The van der Waals surface area contributed by atoms with Crippen LogP contribution in [0.4, 0.5) is 0 Å². The van der Waals surface area contributed by atoms with E-state index in [2.05, 4.69) is 6.58 Å². The van der Waals surface area contributed by atoms with E-state index in [4.69, 9.17) is 11.7 Å². The Labute approximate surface area is 122 Å². The van der Waals surface area contributed by atoms with Gasteiger partial charge in [0.1, 0.15) is 4.87 Å². The summed E-state index contributed by atoms with van der Waals surface area (Å²) >= 11 is 4.86. The molecule has 0 aliphatic carbocycles. The van der Waals surface area contributed by atoms with Crippen LogP contribution in [0.5, 0.6) is 0 Å². The van der Waals surface area contributed by atoms with Crippen LogP contribution in [0.3, 0.4) is 0 Å². The van der Waals surface area contributed by atoms with E-state index in [0.29, 0.717) is 0 Å². The van der Waals surface area contributed by atoms with Crippen LogP contribution in [0, 0.1) is 0 Å². The first kappa shape index (κ1) is 16.7. The molecule has 17 heavy (non-hydrogen) atoms. The van der Waals surface area contributed by atoms with Gasteiger partial charge in [-0.15, -0.1) is 6.58 Å². The molecule has 0 bridgehead atoms. The van der Waals surface area contributed by atoms with Crippen molar-refractivity contribution in [3.8, 4) is 0 Å². The average Bonchev–Trinajstić information content (AvgIpc) is 2.30. The molecule has 0 aromatic heterocycles. The Hall–Kier alpha value is -0.301. The standard InChI is InChI=1S/C9H12N2O3S2.Ir/c1-4-5-9(16-15)8(14)10(2)6(12)7(13)11(9)3;/h4,15H,1,5H2,2-3H3;/p-1. The minimum atomic E-state index is -1.23. The monoisotopic (exact) mass is 452 g/mol. The van der Waals surface area contributed by atoms with E-state index in [1.165, 1.54) is 20.2 Å². The summed E-state index contributed by atoms with van der Waals surface area (Å²) in [6, 6.07) is 0. The molecule has 1 heterocycles. The third kappa shape index (κ3) is 2.45. The predicted molar refractivity (Wildman–Crippen MR) is 63.0 cm³/mol. The molecule has 1 unspecified atom stereocenters. The summed E-state index contributed by atoms with van der Waals surface area (Å²) in [6.07, 6.45) is 1.71. The van der Waals surface area contributed by atoms with Crippen molar-refractivity contribution < 1.29 is 34.5 Å². The van der Waals surface area contributed by atoms with E-state index in [9.17, 15) is 14.4 Å². The van der Waals surface area contributed by atoms with E-state index >= 15 is 0 Å². The van der Waals surface area contributed by atoms with Crippen LogP contribution in [0.15, 0.2) is 12.7 Å². The maximum absolute atomic E-state index is 12.0. The van der Waals surface area contributed by atoms with Gasteiger partial charge in [-0.1, -0.05) is 6.08 Å². The average molecular weight is 452 g/mol. The maximum atomic E-state index is 12.0. The zero-order valence-electron chi connectivity index (χ0n) is 9.26. The summed E-state index contributed by atoms with van der Waals surface area (Å²) < 4.78 is 0. The van der Waals surface area contributed by atoms with Crippen molar-refractivity contribution >= 4 is 40.2 Å². The normalized spacial score (nSPS) is 24.8. The van der Waals surface area contributed by atoms with Gasteiger partial charge in [-0.3, -0.25) is 30.1 Å². The smallest absolute Gasteiger partial charge is 0.318 e. The van der Waals surface area contributed by atoms with Gasteiger partial charge in [0.25, 0.3) is 5.91 Å². The number of nitrogens with zero attached hydrogens (tertiary/aromatic N) is 2. The molecule has 8 heteroatoms. The number of piperazine rings is 1. The number of rotatable bonds is 3. The van der Waals surface area contributed by atoms with E-state index in [0.717, 1.165) is 20.6 Å². The number of carbonyl (C=O) groups excluding carboxylic acids is 3. The molecule has 0 saturated carbocycles. The number of amides is 3. The van der Waals surface area contributed by atoms with Crippen LogP contribution in [-0.2, 0) is 46.1 Å². The molecule has 1 aliphatic heterocycles. The fourth-order valence-corrected chi connectivity index (χ4v) is 2.84. The number of hydrogen-bond donors (Lipinski definition) is 0. The molecule has 3 amide bonds. The Morgan fingerprint density at radius 2 is 1.88 bits per heavy atom. The molecule has 1 radical (unpaired) electrons. The molecule has 1 atom stereocenters. The number of imide groups is 1. The van der Waals surface area contributed by atoms with Gasteiger partial charge in [0, 0.05) is 40.6 Å². The Balaban J connectivity index is 0.00000256. The zero-order valence-corrected chi connectivity index (χ0v) is 13.3. The van der Waals surface area contributed by atoms with E-state index in [1.807, 2.05) is 0 Å². The topological polar surface area (TPSA) is 57.7 Å². The van der Waals surface area contributed by atoms with Crippen LogP contribution < -0.4 is 0 Å². The van der Waals surface area contributed by atoms with Gasteiger partial charge < -0.3 is 16.6 Å². The van der Waals surface area contributed by atoms with Gasteiger partial charge in [-0.25, -0.2) is 0 Å². The van der Waals surface area contributed by atoms with Crippen molar-refractivity contribution in [3.05, 3.63) is 12.7 Å². The van der Waals surface area contributed by atoms with E-state index in [-0.39, 0.29) is 26.5 Å². The van der Waals surface area contributed by atoms with Crippen LogP contribution >= 0.6 is 10.8 Å². The quantitative estimate of drug-likeness (QED) is 0.197. The molecule has 0 aromatic rings. The molecule has 0 aromatic carbocycles. The van der Waals surface area contributed by atoms with Crippen molar-refractivity contribution in [1.29, 1.82) is 0 Å². The molecule has 5 nitrogen and oxygen atoms in total. The summed E-state index contributed by atoms with van der Waals surface area (Å²) in [4.78, 5) is 35.7. The van der Waals surface area contributed by atoms with Gasteiger partial charge in [-0.05, 0) is 0 Å². The minimum Gasteiger partial charge on any atom is -0.716 e. The summed E-state index contributed by atoms with van der Waals surface area (Å²) in [5, 5.41) is 0. The second kappa shape index (κ2) is 6.04. The third-order valence-corrected chi connectivity index (χ3v) is 4.25. The summed E-state index contributed by atoms with van der Waals surface area (Å²) in [5.41, 5.74) is 0.